The molecule has 1 heterocycles. The molecule has 1 saturated carbocycles. The van der Waals surface area contributed by atoms with Crippen molar-refractivity contribution in [2.24, 2.45) is 0 Å². The molecule has 0 aromatic carbocycles. The Bertz CT molecular complexity index is 128. The number of halogens is 1. The molecule has 1 saturated heterocycles. The summed E-state index contributed by atoms with van der Waals surface area (Å²) in [6, 6.07) is 0. The molecule has 0 atom stereocenters. The molecule has 2 aliphatic rings. The number of hydrogen-bond acceptors (Lipinski definition) is 2. The van der Waals surface area contributed by atoms with E-state index in [1.807, 2.05) is 0 Å². The summed E-state index contributed by atoms with van der Waals surface area (Å²) in [6.07, 6.45) is 4.80. The van der Waals surface area contributed by atoms with Crippen LogP contribution in [0.2, 0.25) is 0 Å². The van der Waals surface area contributed by atoms with Gasteiger partial charge < -0.3 is 0 Å². The van der Waals surface area contributed by atoms with E-state index in [1.54, 1.807) is 0 Å². The van der Waals surface area contributed by atoms with Crippen LogP contribution in [0.5, 0.6) is 0 Å². The van der Waals surface area contributed by atoms with E-state index < -0.39 is 18.9 Å². The van der Waals surface area contributed by atoms with Crippen LogP contribution in [0.25, 0.3) is 0 Å². The van der Waals surface area contributed by atoms with E-state index in [0.29, 0.717) is 0 Å². The molecule has 1 aliphatic heterocycles. The van der Waals surface area contributed by atoms with Gasteiger partial charge in [-0.25, -0.2) is 0 Å². The van der Waals surface area contributed by atoms with Gasteiger partial charge in [-0.2, -0.15) is 0 Å². The Kier molecular flexibility index (Phi) is 2.28. The molecule has 56 valence electrons. The first-order valence-corrected chi connectivity index (χ1v) is 11.6. The van der Waals surface area contributed by atoms with Gasteiger partial charge in [-0.3, -0.25) is 0 Å². The van der Waals surface area contributed by atoms with Crippen molar-refractivity contribution in [3.8, 4) is 0 Å². The quantitative estimate of drug-likeness (QED) is 0.685. The molecule has 2 radical (unpaired) electrons. The second-order valence-electron chi connectivity index (χ2n) is 2.79. The average Bonchev–Trinajstić information content (AvgIpc) is 2.30. The van der Waals surface area contributed by atoms with E-state index in [1.165, 1.54) is 12.8 Å². The molecule has 0 amide bonds. The summed E-state index contributed by atoms with van der Waals surface area (Å²) < 4.78 is 11.5. The first-order chi connectivity index (χ1) is 4.85. The Morgan fingerprint density at radius 2 is 1.90 bits per heavy atom. The Labute approximate surface area is 76.6 Å². The zero-order chi connectivity index (χ0) is 7.03. The van der Waals surface area contributed by atoms with Gasteiger partial charge in [0, 0.05) is 0 Å². The van der Waals surface area contributed by atoms with Crippen LogP contribution in [-0.4, -0.2) is 29.0 Å². The number of hydrogen-bond donors (Lipinski definition) is 0. The van der Waals surface area contributed by atoms with Crippen LogP contribution in [0.1, 0.15) is 25.7 Å². The second kappa shape index (κ2) is 2.92. The van der Waals surface area contributed by atoms with Gasteiger partial charge in [0.15, 0.2) is 0 Å². The maximum absolute atomic E-state index is 5.64. The van der Waals surface area contributed by atoms with Crippen LogP contribution in [0.4, 0.5) is 0 Å². The van der Waals surface area contributed by atoms with Crippen molar-refractivity contribution in [2.45, 2.75) is 35.8 Å². The van der Waals surface area contributed by atoms with Gasteiger partial charge in [0.2, 0.25) is 0 Å². The molecular weight excluding hydrogens is 303 g/mol. The molecule has 0 N–H and O–H groups in total. The first-order valence-electron chi connectivity index (χ1n) is 3.56. The molecule has 0 aromatic heterocycles. The molecule has 2 fully saturated rings. The van der Waals surface area contributed by atoms with E-state index in [4.69, 9.17) is 9.47 Å². The van der Waals surface area contributed by atoms with Gasteiger partial charge in [-0.05, 0) is 0 Å². The zero-order valence-corrected chi connectivity index (χ0v) is 10.0. The minimum atomic E-state index is -0.505. The Hall–Kier alpha value is 1.20. The molecule has 1 spiro atoms. The van der Waals surface area contributed by atoms with Gasteiger partial charge in [0.25, 0.3) is 0 Å². The van der Waals surface area contributed by atoms with Gasteiger partial charge in [0.05, 0.1) is 0 Å². The normalized spacial score (nSPS) is 30.9. The molecule has 2 nitrogen and oxygen atoms in total. The molecule has 1 aliphatic carbocycles. The molecule has 0 unspecified atom stereocenters. The predicted octanol–water partition coefficient (Wildman–Crippen LogP) is 1.60. The summed E-state index contributed by atoms with van der Waals surface area (Å²) >= 11 is 2.97. The van der Waals surface area contributed by atoms with Crippen LogP contribution in [0.3, 0.4) is 0 Å². The third-order valence-electron chi connectivity index (χ3n) is 2.10. The van der Waals surface area contributed by atoms with E-state index in [2.05, 4.69) is 12.7 Å². The van der Waals surface area contributed by atoms with Crippen molar-refractivity contribution < 1.29 is 9.47 Å². The average molecular weight is 312 g/mol. The summed E-state index contributed by atoms with van der Waals surface area (Å²) in [5.41, 5.74) is 0. The first kappa shape index (κ1) is 7.83. The summed E-state index contributed by atoms with van der Waals surface area (Å²) in [7, 11) is 0. The fourth-order valence-corrected chi connectivity index (χ4v) is 4.33. The van der Waals surface area contributed by atoms with Crippen molar-refractivity contribution in [2.75, 3.05) is 0 Å². The number of rotatable bonds is 1. The molecule has 10 heavy (non-hydrogen) atoms. The second-order valence-corrected chi connectivity index (χ2v) is 7.83. The fourth-order valence-electron chi connectivity index (χ4n) is 1.59. The van der Waals surface area contributed by atoms with E-state index in [9.17, 15) is 0 Å². The van der Waals surface area contributed by atoms with Gasteiger partial charge in [-0.1, -0.05) is 0 Å². The molecular formula is C6H9BrO2Sn. The zero-order valence-electron chi connectivity index (χ0n) is 5.60. The van der Waals surface area contributed by atoms with Crippen LogP contribution in [-0.2, 0) is 9.47 Å². The van der Waals surface area contributed by atoms with E-state index in [0.717, 1.165) is 12.8 Å². The summed E-state index contributed by atoms with van der Waals surface area (Å²) in [5.74, 6) is -0.0979. The topological polar surface area (TPSA) is 18.5 Å². The van der Waals surface area contributed by atoms with Gasteiger partial charge in [-0.15, -0.1) is 0 Å². The van der Waals surface area contributed by atoms with Crippen LogP contribution in [0.15, 0.2) is 0 Å². The van der Waals surface area contributed by atoms with E-state index >= 15 is 0 Å². The molecule has 0 bridgehead atoms. The Morgan fingerprint density at radius 3 is 2.40 bits per heavy atom. The fraction of sp³-hybridized carbons (Fsp3) is 1.00. The molecule has 4 heteroatoms. The minimum absolute atomic E-state index is 0.0979. The van der Waals surface area contributed by atoms with Crippen molar-refractivity contribution >= 4 is 31.6 Å². The Balaban J connectivity index is 1.86. The van der Waals surface area contributed by atoms with Crippen molar-refractivity contribution in [3.63, 3.8) is 0 Å². The van der Waals surface area contributed by atoms with Crippen molar-refractivity contribution in [1.82, 2.24) is 0 Å². The summed E-state index contributed by atoms with van der Waals surface area (Å²) in [5, 5.41) is 0. The van der Waals surface area contributed by atoms with Crippen molar-refractivity contribution in [3.05, 3.63) is 0 Å². The molecule has 0 aromatic rings. The van der Waals surface area contributed by atoms with Crippen LogP contribution in [0, 0.1) is 0 Å². The van der Waals surface area contributed by atoms with Crippen LogP contribution < -0.4 is 0 Å². The molecule has 2 rings (SSSR count). The van der Waals surface area contributed by atoms with Gasteiger partial charge >= 0.3 is 76.9 Å². The monoisotopic (exact) mass is 312 g/mol. The maximum atomic E-state index is 5.64. The summed E-state index contributed by atoms with van der Waals surface area (Å²) in [4.78, 5) is 0. The predicted molar refractivity (Wildman–Crippen MR) is 41.8 cm³/mol. The third kappa shape index (κ3) is 1.25. The Morgan fingerprint density at radius 1 is 1.30 bits per heavy atom. The SMILES string of the molecule is [Br][Sn][CH]1OC2(CCCC2)O1. The standard InChI is InChI=1S/C6H9O2.BrH.Sn/c1-2-4-6(3-1)7-5-8-6;;/h5H,1-4H2;1H;/q;;+1/p-1. The van der Waals surface area contributed by atoms with Crippen LogP contribution >= 0.6 is 12.7 Å². The van der Waals surface area contributed by atoms with E-state index in [-0.39, 0.29) is 10.1 Å². The van der Waals surface area contributed by atoms with Gasteiger partial charge in [0.1, 0.15) is 0 Å². The van der Waals surface area contributed by atoms with Crippen molar-refractivity contribution in [1.29, 1.82) is 0 Å². The number of ether oxygens (including phenoxy) is 2. The third-order valence-corrected chi connectivity index (χ3v) is 5.79. The summed E-state index contributed by atoms with van der Waals surface area (Å²) in [6.45, 7) is 0.